The summed E-state index contributed by atoms with van der Waals surface area (Å²) >= 11 is 0. The van der Waals surface area contributed by atoms with E-state index in [0.717, 1.165) is 11.0 Å². The summed E-state index contributed by atoms with van der Waals surface area (Å²) in [5.41, 5.74) is 2.83. The van der Waals surface area contributed by atoms with Crippen molar-refractivity contribution in [2.24, 2.45) is 0 Å². The molecule has 0 saturated carbocycles. The molecule has 1 aromatic heterocycles. The SMILES string of the molecule is COc1cccc(OC)c1C(=O)Nc1ccc(CC(NC(=O)N2CCC(n3c(=O)[nH]c4ccccc43)CC2)C(=O)O)cc1. The minimum absolute atomic E-state index is 0.0524. The van der Waals surface area contributed by atoms with Gasteiger partial charge in [-0.05, 0) is 54.8 Å². The normalized spacial score (nSPS) is 14.2. The summed E-state index contributed by atoms with van der Waals surface area (Å²) in [6, 6.07) is 17.6. The smallest absolute Gasteiger partial charge is 0.326 e. The number of urea groups is 1. The number of carbonyl (C=O) groups excluding carboxylic acids is 2. The number of hydrogen-bond acceptors (Lipinski definition) is 6. The summed E-state index contributed by atoms with van der Waals surface area (Å²) < 4.78 is 12.3. The minimum Gasteiger partial charge on any atom is -0.496 e. The number of aliphatic carboxylic acids is 1. The first-order valence-corrected chi connectivity index (χ1v) is 13.9. The number of nitrogens with zero attached hydrogens (tertiary/aromatic N) is 2. The molecule has 0 bridgehead atoms. The summed E-state index contributed by atoms with van der Waals surface area (Å²) in [6.45, 7) is 0.778. The molecular formula is C31H33N5O7. The number of nitrogens with one attached hydrogen (secondary N) is 3. The number of anilines is 1. The molecule has 0 aliphatic carbocycles. The van der Waals surface area contributed by atoms with E-state index in [1.165, 1.54) is 14.2 Å². The number of H-pyrrole nitrogens is 1. The maximum Gasteiger partial charge on any atom is 0.326 e. The molecule has 1 aliphatic heterocycles. The number of piperidine rings is 1. The van der Waals surface area contributed by atoms with Crippen molar-refractivity contribution in [1.82, 2.24) is 19.8 Å². The highest BCUT2D eigenvalue weighted by Crippen LogP contribution is 2.29. The van der Waals surface area contributed by atoms with Gasteiger partial charge in [-0.15, -0.1) is 0 Å². The van der Waals surface area contributed by atoms with Gasteiger partial charge in [0.25, 0.3) is 5.91 Å². The number of amides is 3. The summed E-state index contributed by atoms with van der Waals surface area (Å²) in [5, 5.41) is 15.3. The van der Waals surface area contributed by atoms with Crippen LogP contribution in [0.1, 0.15) is 34.8 Å². The summed E-state index contributed by atoms with van der Waals surface area (Å²) in [4.78, 5) is 55.0. The number of methoxy groups -OCH3 is 2. The van der Waals surface area contributed by atoms with Gasteiger partial charge in [-0.3, -0.25) is 9.36 Å². The molecule has 4 N–H and O–H groups in total. The maximum atomic E-state index is 13.0. The van der Waals surface area contributed by atoms with Crippen LogP contribution in [-0.4, -0.2) is 70.8 Å². The van der Waals surface area contributed by atoms with E-state index in [9.17, 15) is 24.3 Å². The van der Waals surface area contributed by atoms with Gasteiger partial charge in [-0.25, -0.2) is 14.4 Å². The zero-order valence-corrected chi connectivity index (χ0v) is 23.8. The molecule has 5 rings (SSSR count). The van der Waals surface area contributed by atoms with Crippen LogP contribution < -0.4 is 25.8 Å². The topological polar surface area (TPSA) is 155 Å². The molecule has 1 fully saturated rings. The molecule has 1 saturated heterocycles. The Balaban J connectivity index is 1.18. The van der Waals surface area contributed by atoms with Crippen LogP contribution in [0.25, 0.3) is 11.0 Å². The molecule has 12 heteroatoms. The number of carboxylic acid groups (broad SMARTS) is 1. The van der Waals surface area contributed by atoms with Crippen molar-refractivity contribution in [3.8, 4) is 11.5 Å². The van der Waals surface area contributed by atoms with E-state index in [1.807, 2.05) is 24.3 Å². The second kappa shape index (κ2) is 12.7. The Hall–Kier alpha value is -5.26. The molecule has 2 heterocycles. The summed E-state index contributed by atoms with van der Waals surface area (Å²) in [5.74, 6) is -0.848. The Morgan fingerprint density at radius 2 is 1.60 bits per heavy atom. The largest absolute Gasteiger partial charge is 0.496 e. The Bertz CT molecular complexity index is 1660. The zero-order valence-electron chi connectivity index (χ0n) is 23.8. The highest BCUT2D eigenvalue weighted by Gasteiger charge is 2.29. The van der Waals surface area contributed by atoms with E-state index in [4.69, 9.17) is 9.47 Å². The molecule has 0 spiro atoms. The van der Waals surface area contributed by atoms with Gasteiger partial charge in [0.2, 0.25) is 0 Å². The van der Waals surface area contributed by atoms with Crippen LogP contribution in [0.4, 0.5) is 10.5 Å². The molecule has 3 aromatic carbocycles. The Kier molecular flexibility index (Phi) is 8.65. The van der Waals surface area contributed by atoms with Gasteiger partial charge in [0.05, 0.1) is 25.3 Å². The van der Waals surface area contributed by atoms with Crippen molar-refractivity contribution < 1.29 is 29.0 Å². The highest BCUT2D eigenvalue weighted by atomic mass is 16.5. The van der Waals surface area contributed by atoms with Gasteiger partial charge in [-0.1, -0.05) is 30.3 Å². The van der Waals surface area contributed by atoms with Crippen LogP contribution in [0.3, 0.4) is 0 Å². The van der Waals surface area contributed by atoms with Crippen molar-refractivity contribution >= 4 is 34.6 Å². The highest BCUT2D eigenvalue weighted by molar-refractivity contribution is 6.08. The second-order valence-corrected chi connectivity index (χ2v) is 10.3. The number of fused-ring (bicyclic) bond motifs is 1. The van der Waals surface area contributed by atoms with Crippen LogP contribution >= 0.6 is 0 Å². The maximum absolute atomic E-state index is 13.0. The first kappa shape index (κ1) is 29.2. The number of likely N-dealkylation sites (tertiary alicyclic amines) is 1. The lowest BCUT2D eigenvalue weighted by Gasteiger charge is -2.33. The number of carbonyl (C=O) groups is 3. The fraction of sp³-hybridized carbons (Fsp3) is 0.290. The Labute approximate surface area is 247 Å². The van der Waals surface area contributed by atoms with E-state index in [-0.39, 0.29) is 23.7 Å². The number of benzene rings is 3. The van der Waals surface area contributed by atoms with E-state index >= 15 is 0 Å². The van der Waals surface area contributed by atoms with Crippen molar-refractivity contribution in [3.63, 3.8) is 0 Å². The molecule has 1 unspecified atom stereocenters. The quantitative estimate of drug-likeness (QED) is 0.233. The number of hydrogen-bond donors (Lipinski definition) is 4. The van der Waals surface area contributed by atoms with Crippen molar-refractivity contribution in [2.75, 3.05) is 32.6 Å². The van der Waals surface area contributed by atoms with Crippen LogP contribution in [0, 0.1) is 0 Å². The van der Waals surface area contributed by atoms with Gasteiger partial charge in [0.15, 0.2) is 0 Å². The van der Waals surface area contributed by atoms with E-state index in [2.05, 4.69) is 15.6 Å². The predicted molar refractivity (Wildman–Crippen MR) is 160 cm³/mol. The van der Waals surface area contributed by atoms with Crippen LogP contribution in [-0.2, 0) is 11.2 Å². The molecule has 4 aromatic rings. The number of aromatic amines is 1. The summed E-state index contributed by atoms with van der Waals surface area (Å²) in [6.07, 6.45) is 1.19. The number of aromatic nitrogens is 2. The number of para-hydroxylation sites is 2. The molecule has 1 aliphatic rings. The molecule has 12 nitrogen and oxygen atoms in total. The number of carboxylic acids is 1. The fourth-order valence-electron chi connectivity index (χ4n) is 5.43. The Morgan fingerprint density at radius 3 is 2.23 bits per heavy atom. The van der Waals surface area contributed by atoms with Gasteiger partial charge >= 0.3 is 17.7 Å². The number of rotatable bonds is 9. The average Bonchev–Trinajstić information content (AvgIpc) is 3.36. The van der Waals surface area contributed by atoms with Gasteiger partial charge in [-0.2, -0.15) is 0 Å². The lowest BCUT2D eigenvalue weighted by atomic mass is 10.0. The third-order valence-electron chi connectivity index (χ3n) is 7.64. The monoisotopic (exact) mass is 587 g/mol. The van der Waals surface area contributed by atoms with Crippen LogP contribution in [0.5, 0.6) is 11.5 Å². The lowest BCUT2D eigenvalue weighted by Crippen LogP contribution is -2.51. The molecule has 224 valence electrons. The van der Waals surface area contributed by atoms with Crippen LogP contribution in [0.2, 0.25) is 0 Å². The predicted octanol–water partition coefficient (Wildman–Crippen LogP) is 3.64. The molecular weight excluding hydrogens is 554 g/mol. The molecule has 43 heavy (non-hydrogen) atoms. The fourth-order valence-corrected chi connectivity index (χ4v) is 5.43. The van der Waals surface area contributed by atoms with Crippen LogP contribution in [0.15, 0.2) is 71.5 Å². The summed E-state index contributed by atoms with van der Waals surface area (Å²) in [7, 11) is 2.93. The first-order valence-electron chi connectivity index (χ1n) is 13.9. The number of ether oxygens (including phenoxy) is 2. The average molecular weight is 588 g/mol. The van der Waals surface area contributed by atoms with E-state index in [0.29, 0.717) is 48.7 Å². The lowest BCUT2D eigenvalue weighted by molar-refractivity contribution is -0.139. The number of imidazole rings is 1. The third kappa shape index (κ3) is 6.32. The standard InChI is InChI=1S/C31H33N5O7/c1-42-25-8-5-9-26(43-2)27(25)28(37)32-20-12-10-19(11-13-20)18-23(29(38)39)34-30(40)35-16-14-21(15-17-35)36-24-7-4-3-6-22(24)33-31(36)41/h3-13,21,23H,14-18H2,1-2H3,(H,32,37)(H,33,41)(H,34,40)(H,38,39). The molecule has 1 atom stereocenters. The second-order valence-electron chi connectivity index (χ2n) is 10.3. The van der Waals surface area contributed by atoms with E-state index < -0.39 is 23.9 Å². The molecule has 0 radical (unpaired) electrons. The van der Waals surface area contributed by atoms with Crippen molar-refractivity contribution in [2.45, 2.75) is 31.3 Å². The van der Waals surface area contributed by atoms with Gasteiger partial charge < -0.3 is 35.1 Å². The first-order chi connectivity index (χ1) is 20.8. The minimum atomic E-state index is -1.16. The Morgan fingerprint density at radius 1 is 0.953 bits per heavy atom. The van der Waals surface area contributed by atoms with Gasteiger partial charge in [0, 0.05) is 31.2 Å². The molecule has 3 amide bonds. The van der Waals surface area contributed by atoms with Crippen molar-refractivity contribution in [1.29, 1.82) is 0 Å². The van der Waals surface area contributed by atoms with E-state index in [1.54, 1.807) is 51.9 Å². The van der Waals surface area contributed by atoms with Crippen molar-refractivity contribution in [3.05, 3.63) is 88.3 Å². The zero-order chi connectivity index (χ0) is 30.5. The van der Waals surface area contributed by atoms with Gasteiger partial charge in [0.1, 0.15) is 23.1 Å². The third-order valence-corrected chi connectivity index (χ3v) is 7.64.